The molecule has 0 bridgehead atoms. The van der Waals surface area contributed by atoms with Crippen molar-refractivity contribution in [2.75, 3.05) is 25.0 Å². The molecule has 1 atom stereocenters. The van der Waals surface area contributed by atoms with Crippen LogP contribution >= 0.6 is 11.8 Å². The van der Waals surface area contributed by atoms with Crippen LogP contribution in [0.4, 0.5) is 5.69 Å². The van der Waals surface area contributed by atoms with Gasteiger partial charge in [0, 0.05) is 25.2 Å². The third-order valence-corrected chi connectivity index (χ3v) is 5.39. The maximum Gasteiger partial charge on any atom is 0.262 e. The van der Waals surface area contributed by atoms with E-state index in [4.69, 9.17) is 4.74 Å². The topological polar surface area (TPSA) is 71.0 Å². The minimum absolute atomic E-state index is 0.136. The standard InChI is InChI=1S/C18H23N3O3S/c1-2-24-14-8-6-13(7-9-14)19-16(22)12-15-17(23)20-18(25-15)21-10-4-3-5-11-21/h6-9,15H,2-5,10-12H2,1H3,(H,19,22)/t15-/m1/s1. The summed E-state index contributed by atoms with van der Waals surface area (Å²) >= 11 is 1.42. The van der Waals surface area contributed by atoms with Crippen LogP contribution in [-0.2, 0) is 9.59 Å². The smallest absolute Gasteiger partial charge is 0.262 e. The number of carbonyl (C=O) groups is 2. The van der Waals surface area contributed by atoms with Crippen LogP contribution in [0.25, 0.3) is 0 Å². The molecule has 6 nitrogen and oxygen atoms in total. The Morgan fingerprint density at radius 1 is 1.28 bits per heavy atom. The van der Waals surface area contributed by atoms with Gasteiger partial charge in [-0.15, -0.1) is 0 Å². The van der Waals surface area contributed by atoms with E-state index in [1.807, 2.05) is 19.1 Å². The lowest BCUT2D eigenvalue weighted by Gasteiger charge is -2.27. The molecule has 1 N–H and O–H groups in total. The van der Waals surface area contributed by atoms with Gasteiger partial charge in [0.2, 0.25) is 5.91 Å². The number of carbonyl (C=O) groups excluding carboxylic acids is 2. The summed E-state index contributed by atoms with van der Waals surface area (Å²) in [4.78, 5) is 30.7. The van der Waals surface area contributed by atoms with Gasteiger partial charge < -0.3 is 15.0 Å². The predicted octanol–water partition coefficient (Wildman–Crippen LogP) is 2.90. The van der Waals surface area contributed by atoms with Crippen molar-refractivity contribution in [3.8, 4) is 5.75 Å². The van der Waals surface area contributed by atoms with Gasteiger partial charge >= 0.3 is 0 Å². The Bertz CT molecular complexity index is 654. The molecule has 0 spiro atoms. The molecule has 0 radical (unpaired) electrons. The summed E-state index contributed by atoms with van der Waals surface area (Å²) in [5, 5.41) is 3.19. The normalized spacial score (nSPS) is 20.4. The van der Waals surface area contributed by atoms with Crippen LogP contribution in [0.1, 0.15) is 32.6 Å². The Morgan fingerprint density at radius 3 is 2.68 bits per heavy atom. The highest BCUT2D eigenvalue weighted by Crippen LogP contribution is 2.29. The SMILES string of the molecule is CCOc1ccc(NC(=O)C[C@H]2SC(N3CCCCC3)=NC2=O)cc1. The van der Waals surface area contributed by atoms with E-state index in [0.717, 1.165) is 36.8 Å². The number of thioether (sulfide) groups is 1. The summed E-state index contributed by atoms with van der Waals surface area (Å²) in [5.74, 6) is 0.388. The van der Waals surface area contributed by atoms with E-state index in [1.54, 1.807) is 12.1 Å². The fraction of sp³-hybridized carbons (Fsp3) is 0.500. The molecule has 0 unspecified atom stereocenters. The zero-order valence-corrected chi connectivity index (χ0v) is 15.2. The van der Waals surface area contributed by atoms with Crippen molar-refractivity contribution in [3.05, 3.63) is 24.3 Å². The first-order valence-corrected chi connectivity index (χ1v) is 9.60. The van der Waals surface area contributed by atoms with Gasteiger partial charge in [0.05, 0.1) is 6.61 Å². The number of anilines is 1. The summed E-state index contributed by atoms with van der Waals surface area (Å²) in [6, 6.07) is 7.21. The number of amides is 2. The minimum atomic E-state index is -0.417. The van der Waals surface area contributed by atoms with E-state index < -0.39 is 5.25 Å². The molecular weight excluding hydrogens is 338 g/mol. The second-order valence-electron chi connectivity index (χ2n) is 6.10. The summed E-state index contributed by atoms with van der Waals surface area (Å²) in [6.07, 6.45) is 3.64. The number of amidine groups is 1. The molecule has 1 fully saturated rings. The van der Waals surface area contributed by atoms with Crippen LogP contribution in [0.15, 0.2) is 29.3 Å². The second-order valence-corrected chi connectivity index (χ2v) is 7.27. The monoisotopic (exact) mass is 361 g/mol. The predicted molar refractivity (Wildman–Crippen MR) is 100 cm³/mol. The molecular formula is C18H23N3O3S. The van der Waals surface area contributed by atoms with E-state index in [1.165, 1.54) is 18.2 Å². The van der Waals surface area contributed by atoms with Crippen molar-refractivity contribution >= 4 is 34.4 Å². The van der Waals surface area contributed by atoms with Crippen LogP contribution in [0.2, 0.25) is 0 Å². The van der Waals surface area contributed by atoms with Gasteiger partial charge in [0.25, 0.3) is 5.91 Å². The summed E-state index contributed by atoms with van der Waals surface area (Å²) in [7, 11) is 0. The molecule has 3 rings (SSSR count). The molecule has 1 aromatic rings. The molecule has 2 aliphatic rings. The highest BCUT2D eigenvalue weighted by Gasteiger charge is 2.33. The van der Waals surface area contributed by atoms with Gasteiger partial charge in [0.15, 0.2) is 5.17 Å². The van der Waals surface area contributed by atoms with Crippen LogP contribution in [0.3, 0.4) is 0 Å². The van der Waals surface area contributed by atoms with E-state index in [-0.39, 0.29) is 18.2 Å². The maximum absolute atomic E-state index is 12.2. The molecule has 2 aliphatic heterocycles. The van der Waals surface area contributed by atoms with Gasteiger partial charge in [-0.25, -0.2) is 0 Å². The number of piperidine rings is 1. The maximum atomic E-state index is 12.2. The zero-order chi connectivity index (χ0) is 17.6. The van der Waals surface area contributed by atoms with Gasteiger partial charge in [-0.3, -0.25) is 9.59 Å². The highest BCUT2D eigenvalue weighted by molar-refractivity contribution is 8.15. The lowest BCUT2D eigenvalue weighted by atomic mass is 10.1. The largest absolute Gasteiger partial charge is 0.494 e. The molecule has 2 amide bonds. The molecule has 0 saturated carbocycles. The number of ether oxygens (including phenoxy) is 1. The number of likely N-dealkylation sites (tertiary alicyclic amines) is 1. The molecule has 25 heavy (non-hydrogen) atoms. The Morgan fingerprint density at radius 2 is 2.00 bits per heavy atom. The van der Waals surface area contributed by atoms with E-state index in [0.29, 0.717) is 12.3 Å². The first kappa shape index (κ1) is 17.8. The van der Waals surface area contributed by atoms with Crippen molar-refractivity contribution in [1.29, 1.82) is 0 Å². The Balaban J connectivity index is 1.50. The molecule has 2 heterocycles. The van der Waals surface area contributed by atoms with Crippen LogP contribution in [0, 0.1) is 0 Å². The number of rotatable bonds is 5. The van der Waals surface area contributed by atoms with E-state index >= 15 is 0 Å². The molecule has 1 aromatic carbocycles. The fourth-order valence-corrected chi connectivity index (χ4v) is 4.03. The number of nitrogens with zero attached hydrogens (tertiary/aromatic N) is 2. The van der Waals surface area contributed by atoms with E-state index in [9.17, 15) is 9.59 Å². The Labute approximate surface area is 152 Å². The Hall–Kier alpha value is -2.02. The van der Waals surface area contributed by atoms with Crippen LogP contribution in [-0.4, -0.2) is 46.8 Å². The van der Waals surface area contributed by atoms with Gasteiger partial charge in [-0.1, -0.05) is 11.8 Å². The summed E-state index contributed by atoms with van der Waals surface area (Å²) in [6.45, 7) is 4.42. The van der Waals surface area contributed by atoms with Crippen LogP contribution in [0.5, 0.6) is 5.75 Å². The van der Waals surface area contributed by atoms with Gasteiger partial charge in [0.1, 0.15) is 11.0 Å². The molecule has 0 aliphatic carbocycles. The number of nitrogens with one attached hydrogen (secondary N) is 1. The number of hydrogen-bond donors (Lipinski definition) is 1. The van der Waals surface area contributed by atoms with Crippen molar-refractivity contribution < 1.29 is 14.3 Å². The minimum Gasteiger partial charge on any atom is -0.494 e. The molecule has 0 aromatic heterocycles. The van der Waals surface area contributed by atoms with Crippen molar-refractivity contribution in [1.82, 2.24) is 4.90 Å². The van der Waals surface area contributed by atoms with Crippen LogP contribution < -0.4 is 10.1 Å². The van der Waals surface area contributed by atoms with Gasteiger partial charge in [-0.05, 0) is 50.5 Å². The van der Waals surface area contributed by atoms with Crippen molar-refractivity contribution in [2.45, 2.75) is 37.9 Å². The average molecular weight is 361 g/mol. The second kappa shape index (κ2) is 8.38. The quantitative estimate of drug-likeness (QED) is 0.873. The number of aliphatic imine (C=N–C) groups is 1. The Kier molecular flexibility index (Phi) is 5.96. The first-order chi connectivity index (χ1) is 12.2. The lowest BCUT2D eigenvalue weighted by Crippen LogP contribution is -2.33. The molecule has 7 heteroatoms. The third kappa shape index (κ3) is 4.75. The molecule has 1 saturated heterocycles. The van der Waals surface area contributed by atoms with Crippen molar-refractivity contribution in [2.24, 2.45) is 4.99 Å². The van der Waals surface area contributed by atoms with E-state index in [2.05, 4.69) is 15.2 Å². The summed E-state index contributed by atoms with van der Waals surface area (Å²) in [5.41, 5.74) is 0.695. The number of hydrogen-bond acceptors (Lipinski definition) is 5. The third-order valence-electron chi connectivity index (χ3n) is 4.18. The van der Waals surface area contributed by atoms with Gasteiger partial charge in [-0.2, -0.15) is 4.99 Å². The number of benzene rings is 1. The van der Waals surface area contributed by atoms with Crippen molar-refractivity contribution in [3.63, 3.8) is 0 Å². The average Bonchev–Trinajstić information content (AvgIpc) is 2.98. The fourth-order valence-electron chi connectivity index (χ4n) is 2.91. The first-order valence-electron chi connectivity index (χ1n) is 8.72. The lowest BCUT2D eigenvalue weighted by molar-refractivity contribution is -0.121. The summed E-state index contributed by atoms with van der Waals surface area (Å²) < 4.78 is 5.38. The molecule has 134 valence electrons. The zero-order valence-electron chi connectivity index (χ0n) is 14.4. The highest BCUT2D eigenvalue weighted by atomic mass is 32.2.